The SMILES string of the molecule is CC(C)(C)OC(=O)N1CCC(n2ccc(Nc3cc(-c4ccc(OCC5CCC5)c(C#N)c4)ccn3)n2)CC1. The van der Waals surface area contributed by atoms with E-state index < -0.39 is 5.60 Å². The number of hydrogen-bond donors (Lipinski definition) is 1. The minimum absolute atomic E-state index is 0.216. The van der Waals surface area contributed by atoms with Gasteiger partial charge in [-0.1, -0.05) is 12.5 Å². The number of hydrogen-bond acceptors (Lipinski definition) is 7. The highest BCUT2D eigenvalue weighted by Crippen LogP contribution is 2.31. The Morgan fingerprint density at radius 1 is 1.08 bits per heavy atom. The number of benzene rings is 1. The number of piperidine rings is 1. The molecule has 2 fully saturated rings. The Labute approximate surface area is 229 Å². The number of nitriles is 1. The van der Waals surface area contributed by atoms with Gasteiger partial charge in [0.2, 0.25) is 0 Å². The van der Waals surface area contributed by atoms with Crippen LogP contribution in [-0.4, -0.2) is 51.1 Å². The average molecular weight is 529 g/mol. The molecule has 2 aliphatic rings. The Morgan fingerprint density at radius 2 is 1.85 bits per heavy atom. The van der Waals surface area contributed by atoms with Gasteiger partial charge < -0.3 is 19.7 Å². The Morgan fingerprint density at radius 3 is 2.54 bits per heavy atom. The molecule has 0 spiro atoms. The third-order valence-corrected chi connectivity index (χ3v) is 7.25. The van der Waals surface area contributed by atoms with Gasteiger partial charge in [0, 0.05) is 31.5 Å². The molecule has 0 unspecified atom stereocenters. The van der Waals surface area contributed by atoms with Gasteiger partial charge in [-0.25, -0.2) is 9.78 Å². The van der Waals surface area contributed by atoms with Crippen molar-refractivity contribution in [2.75, 3.05) is 25.0 Å². The summed E-state index contributed by atoms with van der Waals surface area (Å²) in [5.74, 6) is 2.62. The van der Waals surface area contributed by atoms with Crippen molar-refractivity contribution in [3.63, 3.8) is 0 Å². The average Bonchev–Trinajstić information content (AvgIpc) is 3.35. The third kappa shape index (κ3) is 6.69. The fourth-order valence-corrected chi connectivity index (χ4v) is 4.85. The van der Waals surface area contributed by atoms with Gasteiger partial charge in [-0.15, -0.1) is 0 Å². The minimum Gasteiger partial charge on any atom is -0.492 e. The van der Waals surface area contributed by atoms with Crippen LogP contribution in [-0.2, 0) is 4.74 Å². The lowest BCUT2D eigenvalue weighted by molar-refractivity contribution is 0.0185. The molecule has 1 aliphatic carbocycles. The van der Waals surface area contributed by atoms with Crippen molar-refractivity contribution < 1.29 is 14.3 Å². The normalized spacial score (nSPS) is 16.3. The number of rotatable bonds is 7. The van der Waals surface area contributed by atoms with E-state index in [9.17, 15) is 10.1 Å². The van der Waals surface area contributed by atoms with Gasteiger partial charge in [0.05, 0.1) is 18.2 Å². The van der Waals surface area contributed by atoms with Gasteiger partial charge in [-0.05, 0) is 87.8 Å². The van der Waals surface area contributed by atoms with E-state index in [0.29, 0.717) is 48.6 Å². The molecule has 3 heterocycles. The number of nitrogens with one attached hydrogen (secondary N) is 1. The standard InChI is InChI=1S/C30H36N6O3/c1-30(2,3)39-29(37)35-14-10-25(11-15-35)36-16-12-27(34-36)33-28-18-23(9-13-32-28)22-7-8-26(24(17-22)19-31)38-20-21-5-4-6-21/h7-9,12-13,16-18,21,25H,4-6,10-11,14-15,20H2,1-3H3,(H,32,33,34). The monoisotopic (exact) mass is 528 g/mol. The summed E-state index contributed by atoms with van der Waals surface area (Å²) >= 11 is 0. The van der Waals surface area contributed by atoms with Crippen LogP contribution in [0.4, 0.5) is 16.4 Å². The summed E-state index contributed by atoms with van der Waals surface area (Å²) in [6.45, 7) is 7.60. The number of amides is 1. The molecular formula is C30H36N6O3. The Bertz CT molecular complexity index is 1340. The molecule has 1 saturated heterocycles. The second kappa shape index (κ2) is 11.4. The topological polar surface area (TPSA) is 105 Å². The number of likely N-dealkylation sites (tertiary alicyclic amines) is 1. The second-order valence-electron chi connectivity index (χ2n) is 11.4. The fourth-order valence-electron chi connectivity index (χ4n) is 4.85. The fraction of sp³-hybridized carbons (Fsp3) is 0.467. The summed E-state index contributed by atoms with van der Waals surface area (Å²) in [5.41, 5.74) is 1.92. The van der Waals surface area contributed by atoms with E-state index in [1.165, 1.54) is 19.3 Å². The summed E-state index contributed by atoms with van der Waals surface area (Å²) in [5, 5.41) is 17.7. The first-order chi connectivity index (χ1) is 18.8. The number of carbonyl (C=O) groups is 1. The van der Waals surface area contributed by atoms with Crippen LogP contribution < -0.4 is 10.1 Å². The molecule has 1 N–H and O–H groups in total. The lowest BCUT2D eigenvalue weighted by atomic mass is 9.86. The van der Waals surface area contributed by atoms with E-state index in [0.717, 1.165) is 24.0 Å². The minimum atomic E-state index is -0.493. The van der Waals surface area contributed by atoms with Crippen LogP contribution in [0, 0.1) is 17.2 Å². The molecular weight excluding hydrogens is 492 g/mol. The number of aromatic nitrogens is 3. The molecule has 3 aromatic rings. The van der Waals surface area contributed by atoms with Crippen molar-refractivity contribution in [2.24, 2.45) is 5.92 Å². The highest BCUT2D eigenvalue weighted by Gasteiger charge is 2.28. The second-order valence-corrected chi connectivity index (χ2v) is 11.4. The molecule has 39 heavy (non-hydrogen) atoms. The van der Waals surface area contributed by atoms with Crippen LogP contribution in [0.5, 0.6) is 5.75 Å². The maximum Gasteiger partial charge on any atom is 0.410 e. The molecule has 0 atom stereocenters. The molecule has 1 amide bonds. The Hall–Kier alpha value is -4.06. The first-order valence-electron chi connectivity index (χ1n) is 13.7. The maximum absolute atomic E-state index is 12.4. The van der Waals surface area contributed by atoms with Crippen LogP contribution in [0.25, 0.3) is 11.1 Å². The first-order valence-corrected chi connectivity index (χ1v) is 13.7. The van der Waals surface area contributed by atoms with Crippen molar-refractivity contribution in [3.05, 3.63) is 54.4 Å². The molecule has 0 radical (unpaired) electrons. The molecule has 0 bridgehead atoms. The zero-order valence-electron chi connectivity index (χ0n) is 22.9. The van der Waals surface area contributed by atoms with Crippen molar-refractivity contribution in [1.82, 2.24) is 19.7 Å². The van der Waals surface area contributed by atoms with Crippen LogP contribution in [0.2, 0.25) is 0 Å². The molecule has 9 nitrogen and oxygen atoms in total. The van der Waals surface area contributed by atoms with Gasteiger partial charge in [0.25, 0.3) is 0 Å². The molecule has 5 rings (SSSR count). The molecule has 1 aromatic carbocycles. The number of anilines is 2. The Kier molecular flexibility index (Phi) is 7.73. The van der Waals surface area contributed by atoms with Crippen LogP contribution in [0.3, 0.4) is 0 Å². The molecule has 9 heteroatoms. The number of carbonyl (C=O) groups excluding carboxylic acids is 1. The number of ether oxygens (including phenoxy) is 2. The van der Waals surface area contributed by atoms with E-state index in [2.05, 4.69) is 16.4 Å². The molecule has 1 saturated carbocycles. The summed E-state index contributed by atoms with van der Waals surface area (Å²) in [7, 11) is 0. The maximum atomic E-state index is 12.4. The smallest absolute Gasteiger partial charge is 0.410 e. The van der Waals surface area contributed by atoms with E-state index >= 15 is 0 Å². The summed E-state index contributed by atoms with van der Waals surface area (Å²) < 4.78 is 13.4. The largest absolute Gasteiger partial charge is 0.492 e. The van der Waals surface area contributed by atoms with Crippen LogP contribution in [0.15, 0.2) is 48.8 Å². The quantitative estimate of drug-likeness (QED) is 0.383. The first kappa shape index (κ1) is 26.5. The van der Waals surface area contributed by atoms with Crippen LogP contribution in [0.1, 0.15) is 64.5 Å². The van der Waals surface area contributed by atoms with Gasteiger partial charge in [-0.2, -0.15) is 10.4 Å². The van der Waals surface area contributed by atoms with Crippen molar-refractivity contribution in [1.29, 1.82) is 5.26 Å². The van der Waals surface area contributed by atoms with E-state index in [-0.39, 0.29) is 12.1 Å². The van der Waals surface area contributed by atoms with Crippen molar-refractivity contribution in [2.45, 2.75) is 64.5 Å². The van der Waals surface area contributed by atoms with E-state index in [4.69, 9.17) is 14.6 Å². The highest BCUT2D eigenvalue weighted by atomic mass is 16.6. The summed E-state index contributed by atoms with van der Waals surface area (Å²) in [4.78, 5) is 18.6. The van der Waals surface area contributed by atoms with E-state index in [1.54, 1.807) is 11.1 Å². The summed E-state index contributed by atoms with van der Waals surface area (Å²) in [6.07, 6.45) is 8.76. The lowest BCUT2D eigenvalue weighted by Gasteiger charge is -2.33. The lowest BCUT2D eigenvalue weighted by Crippen LogP contribution is -2.42. The predicted octanol–water partition coefficient (Wildman–Crippen LogP) is 6.31. The zero-order chi connectivity index (χ0) is 27.4. The molecule has 1 aliphatic heterocycles. The predicted molar refractivity (Wildman–Crippen MR) is 149 cm³/mol. The summed E-state index contributed by atoms with van der Waals surface area (Å²) in [6, 6.07) is 14.0. The number of pyridine rings is 1. The van der Waals surface area contributed by atoms with Gasteiger partial charge in [0.1, 0.15) is 23.2 Å². The molecule has 2 aromatic heterocycles. The van der Waals surface area contributed by atoms with Crippen molar-refractivity contribution >= 4 is 17.7 Å². The third-order valence-electron chi connectivity index (χ3n) is 7.25. The Balaban J connectivity index is 1.20. The van der Waals surface area contributed by atoms with Crippen molar-refractivity contribution in [3.8, 4) is 22.9 Å². The number of nitrogens with zero attached hydrogens (tertiary/aromatic N) is 5. The van der Waals surface area contributed by atoms with E-state index in [1.807, 2.05) is 68.0 Å². The molecule has 204 valence electrons. The zero-order valence-corrected chi connectivity index (χ0v) is 22.9. The van der Waals surface area contributed by atoms with Gasteiger partial charge in [-0.3, -0.25) is 4.68 Å². The highest BCUT2D eigenvalue weighted by molar-refractivity contribution is 5.70. The van der Waals surface area contributed by atoms with Gasteiger partial charge in [0.15, 0.2) is 5.82 Å². The van der Waals surface area contributed by atoms with Gasteiger partial charge >= 0.3 is 6.09 Å². The van der Waals surface area contributed by atoms with Crippen LogP contribution >= 0.6 is 0 Å².